The first-order valence-electron chi connectivity index (χ1n) is 9.81. The second-order valence-corrected chi connectivity index (χ2v) is 7.46. The zero-order chi connectivity index (χ0) is 19.7. The number of imidazole rings is 1. The average Bonchev–Trinajstić information content (AvgIpc) is 3.20. The summed E-state index contributed by atoms with van der Waals surface area (Å²) in [4.78, 5) is 48.8. The highest BCUT2D eigenvalue weighted by Crippen LogP contribution is 2.42. The number of piperidine rings is 1. The third kappa shape index (κ3) is 3.02. The van der Waals surface area contributed by atoms with Crippen molar-refractivity contribution in [2.24, 2.45) is 0 Å². The van der Waals surface area contributed by atoms with E-state index < -0.39 is 5.54 Å². The summed E-state index contributed by atoms with van der Waals surface area (Å²) in [5.41, 5.74) is 1.42. The van der Waals surface area contributed by atoms with Crippen molar-refractivity contribution in [3.05, 3.63) is 52.5 Å². The van der Waals surface area contributed by atoms with Gasteiger partial charge in [-0.2, -0.15) is 0 Å². The largest absolute Gasteiger partial charge is 0.348 e. The maximum absolute atomic E-state index is 12.7. The van der Waals surface area contributed by atoms with E-state index in [9.17, 15) is 14.4 Å². The zero-order valence-corrected chi connectivity index (χ0v) is 16.1. The molecule has 0 bridgehead atoms. The van der Waals surface area contributed by atoms with Gasteiger partial charge in [0.25, 0.3) is 5.56 Å². The zero-order valence-electron chi connectivity index (χ0n) is 16.1. The number of carbonyl (C=O) groups excluding carboxylic acids is 2. The minimum Gasteiger partial charge on any atom is -0.348 e. The maximum atomic E-state index is 12.7. The number of H-pyrrole nitrogens is 1. The summed E-state index contributed by atoms with van der Waals surface area (Å²) in [5, 5.41) is 0. The highest BCUT2D eigenvalue weighted by molar-refractivity contribution is 5.78. The molecule has 0 atom stereocenters. The Hall–Kier alpha value is -2.90. The normalized spacial score (nSPS) is 18.2. The van der Waals surface area contributed by atoms with Gasteiger partial charge in [-0.05, 0) is 18.9 Å². The quantitative estimate of drug-likeness (QED) is 0.852. The molecule has 0 radical (unpaired) electrons. The van der Waals surface area contributed by atoms with Crippen LogP contribution in [0.2, 0.25) is 0 Å². The summed E-state index contributed by atoms with van der Waals surface area (Å²) in [6, 6.07) is 4.86. The van der Waals surface area contributed by atoms with Crippen molar-refractivity contribution in [1.29, 1.82) is 0 Å². The number of likely N-dealkylation sites (tertiary alicyclic amines) is 1. The topological polar surface area (TPSA) is 91.3 Å². The Morgan fingerprint density at radius 1 is 1.18 bits per heavy atom. The number of nitrogens with one attached hydrogen (secondary N) is 1. The fourth-order valence-corrected chi connectivity index (χ4v) is 4.50. The maximum Gasteiger partial charge on any atom is 0.250 e. The molecule has 28 heavy (non-hydrogen) atoms. The van der Waals surface area contributed by atoms with Crippen molar-refractivity contribution in [2.75, 3.05) is 19.6 Å². The van der Waals surface area contributed by atoms with E-state index in [1.807, 2.05) is 11.8 Å². The van der Waals surface area contributed by atoms with Gasteiger partial charge in [0.1, 0.15) is 6.54 Å². The Morgan fingerprint density at radius 3 is 2.68 bits per heavy atom. The van der Waals surface area contributed by atoms with E-state index in [2.05, 4.69) is 9.97 Å². The second-order valence-electron chi connectivity index (χ2n) is 7.46. The number of nitrogens with zero attached hydrogens (tertiary/aromatic N) is 4. The Balaban J connectivity index is 1.53. The Labute approximate surface area is 163 Å². The molecule has 8 heteroatoms. The Bertz CT molecular complexity index is 939. The molecule has 1 spiro atoms. The van der Waals surface area contributed by atoms with E-state index in [4.69, 9.17) is 0 Å². The van der Waals surface area contributed by atoms with Crippen LogP contribution in [-0.2, 0) is 28.1 Å². The predicted octanol–water partition coefficient (Wildman–Crippen LogP) is 0.884. The third-order valence-corrected chi connectivity index (χ3v) is 6.01. The lowest BCUT2D eigenvalue weighted by Gasteiger charge is -2.50. The first-order valence-corrected chi connectivity index (χ1v) is 9.81. The van der Waals surface area contributed by atoms with E-state index in [-0.39, 0.29) is 23.9 Å². The minimum absolute atomic E-state index is 0.0396. The summed E-state index contributed by atoms with van der Waals surface area (Å²) >= 11 is 0. The van der Waals surface area contributed by atoms with Gasteiger partial charge in [-0.3, -0.25) is 14.4 Å². The summed E-state index contributed by atoms with van der Waals surface area (Å²) in [5.74, 6) is 0.0545. The van der Waals surface area contributed by atoms with E-state index in [1.165, 1.54) is 10.6 Å². The number of aromatic nitrogens is 3. The van der Waals surface area contributed by atoms with Crippen molar-refractivity contribution in [3.8, 4) is 0 Å². The summed E-state index contributed by atoms with van der Waals surface area (Å²) in [7, 11) is 0. The van der Waals surface area contributed by atoms with Crippen molar-refractivity contribution >= 4 is 11.8 Å². The molecular weight excluding hydrogens is 358 g/mol. The van der Waals surface area contributed by atoms with Crippen molar-refractivity contribution in [2.45, 2.75) is 44.7 Å². The van der Waals surface area contributed by atoms with Crippen LogP contribution in [0, 0.1) is 0 Å². The van der Waals surface area contributed by atoms with Gasteiger partial charge >= 0.3 is 0 Å². The van der Waals surface area contributed by atoms with Gasteiger partial charge in [0.05, 0.1) is 17.6 Å². The molecule has 1 N–H and O–H groups in total. The van der Waals surface area contributed by atoms with E-state index >= 15 is 0 Å². The molecular formula is C20H25N5O3. The molecule has 0 saturated carbocycles. The van der Waals surface area contributed by atoms with Crippen molar-refractivity contribution < 1.29 is 9.59 Å². The fourth-order valence-electron chi connectivity index (χ4n) is 4.50. The molecule has 2 aromatic heterocycles. The monoisotopic (exact) mass is 383 g/mol. The molecule has 2 aromatic rings. The Morgan fingerprint density at radius 2 is 1.96 bits per heavy atom. The van der Waals surface area contributed by atoms with Crippen LogP contribution in [0.5, 0.6) is 0 Å². The van der Waals surface area contributed by atoms with E-state index in [0.29, 0.717) is 38.9 Å². The smallest absolute Gasteiger partial charge is 0.250 e. The lowest BCUT2D eigenvalue weighted by molar-refractivity contribution is -0.144. The molecule has 0 unspecified atom stereocenters. The summed E-state index contributed by atoms with van der Waals surface area (Å²) in [6.45, 7) is 3.68. The SMILES string of the molecule is CCC(=O)N1CCc2[nH]cnc2C12CCN(C(=O)Cn1ccccc1=O)CC2. The highest BCUT2D eigenvalue weighted by Gasteiger charge is 2.48. The van der Waals surface area contributed by atoms with Gasteiger partial charge in [-0.25, -0.2) is 4.98 Å². The van der Waals surface area contributed by atoms with Crippen LogP contribution < -0.4 is 5.56 Å². The van der Waals surface area contributed by atoms with Gasteiger partial charge in [0, 0.05) is 50.4 Å². The Kier molecular flexibility index (Phi) is 4.78. The lowest BCUT2D eigenvalue weighted by Crippen LogP contribution is -2.59. The van der Waals surface area contributed by atoms with Gasteiger partial charge in [0.2, 0.25) is 11.8 Å². The predicted molar refractivity (Wildman–Crippen MR) is 102 cm³/mol. The molecule has 1 saturated heterocycles. The number of rotatable bonds is 3. The number of fused-ring (bicyclic) bond motifs is 2. The minimum atomic E-state index is -0.443. The number of amides is 2. The first-order chi connectivity index (χ1) is 13.5. The number of hydrogen-bond acceptors (Lipinski definition) is 4. The molecule has 2 aliphatic rings. The second kappa shape index (κ2) is 7.26. The number of hydrogen-bond donors (Lipinski definition) is 1. The van der Waals surface area contributed by atoms with Gasteiger partial charge < -0.3 is 19.4 Å². The molecule has 2 aliphatic heterocycles. The highest BCUT2D eigenvalue weighted by atomic mass is 16.2. The number of aromatic amines is 1. The van der Waals surface area contributed by atoms with Crippen LogP contribution in [0.25, 0.3) is 0 Å². The number of pyridine rings is 1. The summed E-state index contributed by atoms with van der Waals surface area (Å²) < 4.78 is 1.42. The van der Waals surface area contributed by atoms with Crippen molar-refractivity contribution in [1.82, 2.24) is 24.3 Å². The molecule has 1 fully saturated rings. The summed E-state index contributed by atoms with van der Waals surface area (Å²) in [6.07, 6.45) is 5.89. The number of carbonyl (C=O) groups is 2. The van der Waals surface area contributed by atoms with Crippen LogP contribution in [0.1, 0.15) is 37.6 Å². The first kappa shape index (κ1) is 18.5. The van der Waals surface area contributed by atoms with Crippen LogP contribution >= 0.6 is 0 Å². The molecule has 0 aromatic carbocycles. The van der Waals surface area contributed by atoms with Crippen LogP contribution in [0.3, 0.4) is 0 Å². The van der Waals surface area contributed by atoms with Gasteiger partial charge in [-0.15, -0.1) is 0 Å². The average molecular weight is 383 g/mol. The molecule has 8 nitrogen and oxygen atoms in total. The van der Waals surface area contributed by atoms with Crippen LogP contribution in [0.4, 0.5) is 0 Å². The molecule has 4 rings (SSSR count). The van der Waals surface area contributed by atoms with Crippen LogP contribution in [-0.4, -0.2) is 55.8 Å². The molecule has 4 heterocycles. The van der Waals surface area contributed by atoms with Crippen molar-refractivity contribution in [3.63, 3.8) is 0 Å². The van der Waals surface area contributed by atoms with E-state index in [0.717, 1.165) is 17.8 Å². The van der Waals surface area contributed by atoms with E-state index in [1.54, 1.807) is 29.6 Å². The van der Waals surface area contributed by atoms with Gasteiger partial charge in [0.15, 0.2) is 0 Å². The van der Waals surface area contributed by atoms with Gasteiger partial charge in [-0.1, -0.05) is 13.0 Å². The molecule has 2 amide bonds. The lowest BCUT2D eigenvalue weighted by atomic mass is 9.78. The molecule has 0 aliphatic carbocycles. The fraction of sp³-hybridized carbons (Fsp3) is 0.500. The van der Waals surface area contributed by atoms with Crippen LogP contribution in [0.15, 0.2) is 35.5 Å². The standard InChI is InChI=1S/C20H25N5O3/c1-2-16(26)25-10-6-15-19(22-14-21-15)20(25)7-11-23(12-8-20)18(28)13-24-9-4-3-5-17(24)27/h3-5,9,14H,2,6-8,10-13H2,1H3,(H,21,22). The third-order valence-electron chi connectivity index (χ3n) is 6.01. The molecule has 148 valence electrons.